The third-order valence-corrected chi connectivity index (χ3v) is 2.69. The summed E-state index contributed by atoms with van der Waals surface area (Å²) in [6.07, 6.45) is 1.47. The van der Waals surface area contributed by atoms with Crippen LogP contribution in [0.4, 0.5) is 0 Å². The molecule has 21 heavy (non-hydrogen) atoms. The molecule has 0 amide bonds. The van der Waals surface area contributed by atoms with Crippen molar-refractivity contribution in [3.8, 4) is 5.88 Å². The molecule has 0 aliphatic rings. The van der Waals surface area contributed by atoms with Crippen molar-refractivity contribution in [2.24, 2.45) is 5.73 Å². The largest absolute Gasteiger partial charge is 0.480 e. The zero-order chi connectivity index (χ0) is 15.8. The molecule has 118 valence electrons. The van der Waals surface area contributed by atoms with E-state index in [0.717, 1.165) is 12.8 Å². The predicted octanol–water partition coefficient (Wildman–Crippen LogP) is 0.985. The van der Waals surface area contributed by atoms with Gasteiger partial charge in [0.05, 0.1) is 18.8 Å². The number of ether oxygens (including phenoxy) is 2. The van der Waals surface area contributed by atoms with Crippen molar-refractivity contribution in [1.29, 1.82) is 0 Å². The molecule has 8 heteroatoms. The van der Waals surface area contributed by atoms with Crippen molar-refractivity contribution in [2.45, 2.75) is 39.2 Å². The number of nitrogens with two attached hydrogens (primary N) is 1. The summed E-state index contributed by atoms with van der Waals surface area (Å²) in [5.41, 5.74) is 5.70. The van der Waals surface area contributed by atoms with Gasteiger partial charge in [-0.05, 0) is 18.5 Å². The molecule has 1 rings (SSSR count). The van der Waals surface area contributed by atoms with Crippen molar-refractivity contribution in [2.75, 3.05) is 13.2 Å². The van der Waals surface area contributed by atoms with Crippen LogP contribution >= 0.6 is 0 Å². The summed E-state index contributed by atoms with van der Waals surface area (Å²) in [7, 11) is 0. The molecule has 0 fully saturated rings. The second kappa shape index (κ2) is 8.25. The minimum absolute atomic E-state index is 0.0663. The van der Waals surface area contributed by atoms with Crippen molar-refractivity contribution in [3.63, 3.8) is 0 Å². The standard InChI is InChI=1S/C13H20N2O6/c1-3-5-6-20-13(18)10-8(7-9(14)12(16)17)11(15-21-10)19-4-2/h9H,3-7,14H2,1-2H3,(H,16,17)/t9-/m0/s1. The normalized spacial score (nSPS) is 12.0. The Hall–Kier alpha value is -2.09. The molecular weight excluding hydrogens is 280 g/mol. The van der Waals surface area contributed by atoms with Gasteiger partial charge in [0.1, 0.15) is 6.04 Å². The SMILES string of the molecule is CCCCOC(=O)c1onc(OCC)c1C[C@H](N)C(=O)O. The van der Waals surface area contributed by atoms with E-state index in [1.807, 2.05) is 6.92 Å². The minimum Gasteiger partial charge on any atom is -0.480 e. The van der Waals surface area contributed by atoms with Crippen LogP contribution in [-0.4, -0.2) is 41.5 Å². The lowest BCUT2D eigenvalue weighted by Gasteiger charge is -2.08. The summed E-state index contributed by atoms with van der Waals surface area (Å²) in [6.45, 7) is 4.25. The number of esters is 1. The molecule has 0 saturated carbocycles. The van der Waals surface area contributed by atoms with Crippen LogP contribution in [0.15, 0.2) is 4.52 Å². The molecule has 1 aromatic heterocycles. The Balaban J connectivity index is 2.91. The third kappa shape index (κ3) is 4.75. The smallest absolute Gasteiger partial charge is 0.377 e. The van der Waals surface area contributed by atoms with Gasteiger partial charge in [0.2, 0.25) is 0 Å². The van der Waals surface area contributed by atoms with Crippen molar-refractivity contribution < 1.29 is 28.7 Å². The quantitative estimate of drug-likeness (QED) is 0.511. The lowest BCUT2D eigenvalue weighted by Crippen LogP contribution is -2.32. The lowest BCUT2D eigenvalue weighted by atomic mass is 10.1. The molecule has 0 spiro atoms. The zero-order valence-corrected chi connectivity index (χ0v) is 12.1. The number of aromatic nitrogens is 1. The molecule has 0 radical (unpaired) electrons. The number of unbranched alkanes of at least 4 members (excludes halogenated alkanes) is 1. The van der Waals surface area contributed by atoms with Gasteiger partial charge in [-0.1, -0.05) is 13.3 Å². The number of carboxylic acid groups (broad SMARTS) is 1. The van der Waals surface area contributed by atoms with Crippen molar-refractivity contribution >= 4 is 11.9 Å². The van der Waals surface area contributed by atoms with Gasteiger partial charge in [0, 0.05) is 6.42 Å². The van der Waals surface area contributed by atoms with Crippen molar-refractivity contribution in [3.05, 3.63) is 11.3 Å². The number of carbonyl (C=O) groups excluding carboxylic acids is 1. The Morgan fingerprint density at radius 1 is 1.43 bits per heavy atom. The Bertz CT molecular complexity index is 485. The lowest BCUT2D eigenvalue weighted by molar-refractivity contribution is -0.138. The topological polar surface area (TPSA) is 125 Å². The van der Waals surface area contributed by atoms with Crippen LogP contribution in [-0.2, 0) is 16.0 Å². The first-order chi connectivity index (χ1) is 10.0. The monoisotopic (exact) mass is 300 g/mol. The first-order valence-corrected chi connectivity index (χ1v) is 6.78. The van der Waals surface area contributed by atoms with E-state index in [0.29, 0.717) is 6.61 Å². The van der Waals surface area contributed by atoms with Crippen LogP contribution in [0.1, 0.15) is 42.8 Å². The van der Waals surface area contributed by atoms with Gasteiger partial charge in [-0.2, -0.15) is 0 Å². The molecule has 0 unspecified atom stereocenters. The average molecular weight is 300 g/mol. The van der Waals surface area contributed by atoms with E-state index in [1.165, 1.54) is 0 Å². The number of carbonyl (C=O) groups is 2. The molecule has 8 nitrogen and oxygen atoms in total. The summed E-state index contributed by atoms with van der Waals surface area (Å²) >= 11 is 0. The molecule has 0 bridgehead atoms. The number of nitrogens with zero attached hydrogens (tertiary/aromatic N) is 1. The highest BCUT2D eigenvalue weighted by molar-refractivity contribution is 5.88. The van der Waals surface area contributed by atoms with E-state index >= 15 is 0 Å². The zero-order valence-electron chi connectivity index (χ0n) is 12.1. The molecule has 0 aliphatic heterocycles. The van der Waals surface area contributed by atoms with Gasteiger partial charge in [0.25, 0.3) is 11.6 Å². The van der Waals surface area contributed by atoms with Crippen LogP contribution in [0, 0.1) is 0 Å². The fourth-order valence-corrected chi connectivity index (χ4v) is 1.57. The fourth-order valence-electron chi connectivity index (χ4n) is 1.57. The van der Waals surface area contributed by atoms with Crippen LogP contribution in [0.5, 0.6) is 5.88 Å². The van der Waals surface area contributed by atoms with Gasteiger partial charge in [-0.15, -0.1) is 0 Å². The summed E-state index contributed by atoms with van der Waals surface area (Å²) in [5.74, 6) is -1.98. The number of hydrogen-bond donors (Lipinski definition) is 2. The van der Waals surface area contributed by atoms with Crippen LogP contribution in [0.25, 0.3) is 0 Å². The van der Waals surface area contributed by atoms with Crippen LogP contribution < -0.4 is 10.5 Å². The first kappa shape index (κ1) is 17.0. The molecule has 1 aromatic rings. The van der Waals surface area contributed by atoms with Crippen LogP contribution in [0.2, 0.25) is 0 Å². The molecule has 1 atom stereocenters. The summed E-state index contributed by atoms with van der Waals surface area (Å²) in [5, 5.41) is 12.5. The van der Waals surface area contributed by atoms with E-state index in [4.69, 9.17) is 24.8 Å². The Labute approximate surface area is 122 Å². The molecule has 0 saturated heterocycles. The van der Waals surface area contributed by atoms with Crippen molar-refractivity contribution in [1.82, 2.24) is 5.16 Å². The van der Waals surface area contributed by atoms with Gasteiger partial charge in [-0.3, -0.25) is 4.79 Å². The Morgan fingerprint density at radius 2 is 2.14 bits per heavy atom. The van der Waals surface area contributed by atoms with Gasteiger partial charge in [-0.25, -0.2) is 4.79 Å². The summed E-state index contributed by atoms with van der Waals surface area (Å²) < 4.78 is 15.2. The van der Waals surface area contributed by atoms with E-state index < -0.39 is 18.0 Å². The Kier molecular flexibility index (Phi) is 6.67. The molecule has 0 aromatic carbocycles. The molecule has 3 N–H and O–H groups in total. The average Bonchev–Trinajstić information content (AvgIpc) is 2.82. The molecular formula is C13H20N2O6. The van der Waals surface area contributed by atoms with Gasteiger partial charge in [0.15, 0.2) is 0 Å². The predicted molar refractivity (Wildman–Crippen MR) is 72.2 cm³/mol. The highest BCUT2D eigenvalue weighted by Gasteiger charge is 2.28. The number of hydrogen-bond acceptors (Lipinski definition) is 7. The van der Waals surface area contributed by atoms with E-state index in [2.05, 4.69) is 5.16 Å². The van der Waals surface area contributed by atoms with Gasteiger partial charge >= 0.3 is 11.9 Å². The van der Waals surface area contributed by atoms with E-state index in [1.54, 1.807) is 6.92 Å². The first-order valence-electron chi connectivity index (χ1n) is 6.78. The Morgan fingerprint density at radius 3 is 2.71 bits per heavy atom. The number of carboxylic acids is 1. The summed E-state index contributed by atoms with van der Waals surface area (Å²) in [6, 6.07) is -1.19. The maximum Gasteiger partial charge on any atom is 0.377 e. The van der Waals surface area contributed by atoms with Crippen LogP contribution in [0.3, 0.4) is 0 Å². The van der Waals surface area contributed by atoms with Gasteiger partial charge < -0.3 is 24.8 Å². The third-order valence-electron chi connectivity index (χ3n) is 2.69. The van der Waals surface area contributed by atoms with E-state index in [9.17, 15) is 9.59 Å². The maximum absolute atomic E-state index is 11.9. The highest BCUT2D eigenvalue weighted by atomic mass is 16.6. The number of rotatable bonds is 9. The maximum atomic E-state index is 11.9. The number of aliphatic carboxylic acids is 1. The highest BCUT2D eigenvalue weighted by Crippen LogP contribution is 2.24. The summed E-state index contributed by atoms with van der Waals surface area (Å²) in [4.78, 5) is 22.8. The second-order valence-corrected chi connectivity index (χ2v) is 4.37. The molecule has 0 aliphatic carbocycles. The second-order valence-electron chi connectivity index (χ2n) is 4.37. The fraction of sp³-hybridized carbons (Fsp3) is 0.615. The van der Waals surface area contributed by atoms with E-state index in [-0.39, 0.29) is 30.2 Å². The molecule has 1 heterocycles. The minimum atomic E-state index is -1.19.